The van der Waals surface area contributed by atoms with Crippen molar-refractivity contribution < 1.29 is 19.4 Å². The first-order chi connectivity index (χ1) is 12.6. The van der Waals surface area contributed by atoms with Gasteiger partial charge in [-0.15, -0.1) is 11.3 Å². The van der Waals surface area contributed by atoms with Gasteiger partial charge in [0.25, 0.3) is 0 Å². The molecule has 0 radical (unpaired) electrons. The van der Waals surface area contributed by atoms with Crippen molar-refractivity contribution in [3.05, 3.63) is 46.2 Å². The molecule has 2 aromatic rings. The Balaban J connectivity index is 2.29. The van der Waals surface area contributed by atoms with E-state index >= 15 is 0 Å². The van der Waals surface area contributed by atoms with E-state index in [-0.39, 0.29) is 5.57 Å². The second kappa shape index (κ2) is 9.99. The van der Waals surface area contributed by atoms with Crippen LogP contribution in [0.5, 0.6) is 11.5 Å². The molecule has 1 aromatic carbocycles. The fourth-order valence-electron chi connectivity index (χ4n) is 2.54. The van der Waals surface area contributed by atoms with E-state index in [1.165, 1.54) is 11.3 Å². The number of hydrogen-bond acceptors (Lipinski definition) is 5. The zero-order chi connectivity index (χ0) is 18.9. The van der Waals surface area contributed by atoms with Crippen molar-refractivity contribution in [1.29, 1.82) is 0 Å². The van der Waals surface area contributed by atoms with Gasteiger partial charge in [-0.1, -0.05) is 19.9 Å². The predicted molar refractivity (Wildman–Crippen MR) is 106 cm³/mol. The molecule has 0 bridgehead atoms. The molecule has 0 fully saturated rings. The smallest absolute Gasteiger partial charge is 0.337 e. The number of carboxylic acids is 1. The van der Waals surface area contributed by atoms with Gasteiger partial charge in [0.15, 0.2) is 0 Å². The van der Waals surface area contributed by atoms with E-state index in [2.05, 4.69) is 18.7 Å². The summed E-state index contributed by atoms with van der Waals surface area (Å²) < 4.78 is 11.2. The van der Waals surface area contributed by atoms with Crippen molar-refractivity contribution in [2.75, 3.05) is 33.4 Å². The second-order valence-electron chi connectivity index (χ2n) is 5.62. The molecule has 0 amide bonds. The molecule has 0 aliphatic rings. The minimum Gasteiger partial charge on any atom is -0.497 e. The molecule has 6 heteroatoms. The third-order valence-electron chi connectivity index (χ3n) is 4.10. The fraction of sp³-hybridized carbons (Fsp3) is 0.350. The molecule has 0 aliphatic heterocycles. The summed E-state index contributed by atoms with van der Waals surface area (Å²) in [6.45, 7) is 7.49. The number of ether oxygens (including phenoxy) is 2. The van der Waals surface area contributed by atoms with E-state index in [1.54, 1.807) is 31.4 Å². The molecule has 1 heterocycles. The van der Waals surface area contributed by atoms with Crippen LogP contribution in [0.3, 0.4) is 0 Å². The average molecular weight is 375 g/mol. The van der Waals surface area contributed by atoms with Crippen molar-refractivity contribution in [2.24, 2.45) is 0 Å². The van der Waals surface area contributed by atoms with Gasteiger partial charge in [0, 0.05) is 23.1 Å². The highest BCUT2D eigenvalue weighted by Crippen LogP contribution is 2.30. The van der Waals surface area contributed by atoms with Gasteiger partial charge < -0.3 is 19.5 Å². The van der Waals surface area contributed by atoms with Gasteiger partial charge in [0.1, 0.15) is 18.1 Å². The van der Waals surface area contributed by atoms with Crippen LogP contribution in [0.25, 0.3) is 11.6 Å². The maximum absolute atomic E-state index is 11.7. The quantitative estimate of drug-likeness (QED) is 0.634. The normalized spacial score (nSPS) is 11.6. The molecular formula is C20H25NO4S. The van der Waals surface area contributed by atoms with Crippen molar-refractivity contribution in [2.45, 2.75) is 13.8 Å². The van der Waals surface area contributed by atoms with Crippen molar-refractivity contribution in [3.8, 4) is 11.5 Å². The lowest BCUT2D eigenvalue weighted by molar-refractivity contribution is -0.130. The number of likely N-dealkylation sites (N-methyl/N-ethyl adjacent to an activating group) is 1. The van der Waals surface area contributed by atoms with Crippen LogP contribution < -0.4 is 9.47 Å². The Morgan fingerprint density at radius 1 is 1.27 bits per heavy atom. The molecule has 2 rings (SSSR count). The summed E-state index contributed by atoms with van der Waals surface area (Å²) in [5, 5.41) is 11.4. The minimum absolute atomic E-state index is 0.249. The first-order valence-electron chi connectivity index (χ1n) is 8.61. The molecule has 0 saturated carbocycles. The monoisotopic (exact) mass is 375 g/mol. The van der Waals surface area contributed by atoms with Crippen LogP contribution in [0.2, 0.25) is 0 Å². The number of carboxylic acid groups (broad SMARTS) is 1. The molecular weight excluding hydrogens is 350 g/mol. The molecule has 0 aliphatic carbocycles. The summed E-state index contributed by atoms with van der Waals surface area (Å²) in [5.41, 5.74) is 0.968. The Hall–Kier alpha value is -2.31. The van der Waals surface area contributed by atoms with E-state index < -0.39 is 5.97 Å². The van der Waals surface area contributed by atoms with Crippen LogP contribution in [0.1, 0.15) is 24.3 Å². The Kier molecular flexibility index (Phi) is 7.69. The van der Waals surface area contributed by atoms with E-state index in [9.17, 15) is 9.90 Å². The summed E-state index contributed by atoms with van der Waals surface area (Å²) in [6, 6.07) is 9.06. The molecule has 0 atom stereocenters. The van der Waals surface area contributed by atoms with E-state index in [0.29, 0.717) is 23.0 Å². The molecule has 5 nitrogen and oxygen atoms in total. The first-order valence-corrected chi connectivity index (χ1v) is 9.49. The van der Waals surface area contributed by atoms with Gasteiger partial charge in [-0.25, -0.2) is 4.79 Å². The van der Waals surface area contributed by atoms with E-state index in [4.69, 9.17) is 9.47 Å². The van der Waals surface area contributed by atoms with Gasteiger partial charge in [-0.3, -0.25) is 0 Å². The largest absolute Gasteiger partial charge is 0.497 e. The van der Waals surface area contributed by atoms with Crippen molar-refractivity contribution >= 4 is 29.0 Å². The molecule has 1 N–H and O–H groups in total. The maximum Gasteiger partial charge on any atom is 0.337 e. The Morgan fingerprint density at radius 3 is 2.62 bits per heavy atom. The van der Waals surface area contributed by atoms with Crippen molar-refractivity contribution in [1.82, 2.24) is 4.90 Å². The molecule has 140 valence electrons. The number of nitrogens with zero attached hydrogens (tertiary/aromatic N) is 1. The SMILES string of the molecule is CCN(CC)CCOc1cc(OC)ccc1/C=C(\C(=O)O)c1cccs1. The molecule has 0 saturated heterocycles. The molecule has 0 spiro atoms. The molecule has 26 heavy (non-hydrogen) atoms. The number of aliphatic carboxylic acids is 1. The minimum atomic E-state index is -0.961. The van der Waals surface area contributed by atoms with Crippen LogP contribution in [0.15, 0.2) is 35.7 Å². The van der Waals surface area contributed by atoms with Gasteiger partial charge >= 0.3 is 5.97 Å². The lowest BCUT2D eigenvalue weighted by Gasteiger charge is -2.19. The number of rotatable bonds is 10. The zero-order valence-electron chi connectivity index (χ0n) is 15.4. The average Bonchev–Trinajstić information content (AvgIpc) is 3.17. The van der Waals surface area contributed by atoms with Crippen LogP contribution in [0, 0.1) is 0 Å². The predicted octanol–water partition coefficient (Wildman–Crippen LogP) is 4.10. The lowest BCUT2D eigenvalue weighted by Crippen LogP contribution is -2.28. The topological polar surface area (TPSA) is 59.0 Å². The Labute approximate surface area is 158 Å². The highest BCUT2D eigenvalue weighted by molar-refractivity contribution is 7.11. The van der Waals surface area contributed by atoms with E-state index in [1.807, 2.05) is 17.5 Å². The fourth-order valence-corrected chi connectivity index (χ4v) is 3.27. The summed E-state index contributed by atoms with van der Waals surface area (Å²) >= 11 is 1.40. The third kappa shape index (κ3) is 5.34. The number of methoxy groups -OCH3 is 1. The summed E-state index contributed by atoms with van der Waals surface area (Å²) in [4.78, 5) is 14.7. The van der Waals surface area contributed by atoms with Gasteiger partial charge in [0.2, 0.25) is 0 Å². The third-order valence-corrected chi connectivity index (χ3v) is 5.00. The van der Waals surface area contributed by atoms with Crippen LogP contribution in [0.4, 0.5) is 0 Å². The standard InChI is InChI=1S/C20H25NO4S/c1-4-21(5-2)10-11-25-18-14-16(24-3)9-8-15(18)13-17(20(22)23)19-7-6-12-26-19/h6-9,12-14H,4-5,10-11H2,1-3H3,(H,22,23)/b17-13-. The summed E-state index contributed by atoms with van der Waals surface area (Å²) in [7, 11) is 1.60. The molecule has 0 unspecified atom stereocenters. The van der Waals surface area contributed by atoms with Crippen LogP contribution in [-0.2, 0) is 4.79 Å². The number of carbonyl (C=O) groups is 1. The summed E-state index contributed by atoms with van der Waals surface area (Å²) in [6.07, 6.45) is 1.65. The number of hydrogen-bond donors (Lipinski definition) is 1. The highest BCUT2D eigenvalue weighted by Gasteiger charge is 2.14. The number of benzene rings is 1. The second-order valence-corrected chi connectivity index (χ2v) is 6.57. The van der Waals surface area contributed by atoms with Crippen LogP contribution >= 0.6 is 11.3 Å². The summed E-state index contributed by atoms with van der Waals surface area (Å²) in [5.74, 6) is 0.331. The van der Waals surface area contributed by atoms with Gasteiger partial charge in [-0.05, 0) is 42.7 Å². The van der Waals surface area contributed by atoms with E-state index in [0.717, 1.165) is 25.2 Å². The molecule has 1 aromatic heterocycles. The lowest BCUT2D eigenvalue weighted by atomic mass is 10.1. The zero-order valence-corrected chi connectivity index (χ0v) is 16.2. The first kappa shape index (κ1) is 20.0. The maximum atomic E-state index is 11.7. The van der Waals surface area contributed by atoms with Gasteiger partial charge in [0.05, 0.1) is 12.7 Å². The highest BCUT2D eigenvalue weighted by atomic mass is 32.1. The van der Waals surface area contributed by atoms with Crippen molar-refractivity contribution in [3.63, 3.8) is 0 Å². The van der Waals surface area contributed by atoms with Crippen LogP contribution in [-0.4, -0.2) is 49.3 Å². The Morgan fingerprint density at radius 2 is 2.04 bits per heavy atom. The Bertz CT molecular complexity index is 736. The number of thiophene rings is 1. The van der Waals surface area contributed by atoms with Gasteiger partial charge in [-0.2, -0.15) is 0 Å².